The highest BCUT2D eigenvalue weighted by Crippen LogP contribution is 2.60. The quantitative estimate of drug-likeness (QED) is 0.189. The third-order valence-electron chi connectivity index (χ3n) is 14.2. The average Bonchev–Trinajstić information content (AvgIpc) is 3.39. The molecule has 0 aromatic rings. The van der Waals surface area contributed by atoms with Gasteiger partial charge in [-0.15, -0.1) is 0 Å². The van der Waals surface area contributed by atoms with Crippen LogP contribution in [0.3, 0.4) is 0 Å². The molecule has 13 unspecified atom stereocenters. The number of nitrogens with one attached hydrogen (secondary N) is 2. The molecule has 11 heteroatoms. The molecule has 0 radical (unpaired) electrons. The van der Waals surface area contributed by atoms with Gasteiger partial charge >= 0.3 is 5.97 Å². The number of hydrogen-bond donors (Lipinski definition) is 6. The van der Waals surface area contributed by atoms with Crippen LogP contribution >= 0.6 is 0 Å². The number of ketones is 1. The number of allylic oxidation sites excluding steroid dienone is 3. The van der Waals surface area contributed by atoms with Gasteiger partial charge in [-0.2, -0.15) is 0 Å². The number of ether oxygens (including phenoxy) is 3. The van der Waals surface area contributed by atoms with E-state index in [-0.39, 0.29) is 60.8 Å². The molecule has 5 saturated heterocycles. The highest BCUT2D eigenvalue weighted by Gasteiger charge is 2.65. The molecule has 8 N–H and O–H groups in total. The van der Waals surface area contributed by atoms with Crippen molar-refractivity contribution < 1.29 is 34.0 Å². The Bertz CT molecular complexity index is 1450. The first-order valence-electron chi connectivity index (χ1n) is 18.9. The van der Waals surface area contributed by atoms with Crippen molar-refractivity contribution in [2.24, 2.45) is 58.8 Å². The number of aliphatic hydroxyl groups is 2. The van der Waals surface area contributed by atoms with E-state index in [0.717, 1.165) is 51.6 Å². The maximum Gasteiger partial charge on any atom is 0.333 e. The van der Waals surface area contributed by atoms with E-state index >= 15 is 0 Å². The summed E-state index contributed by atoms with van der Waals surface area (Å²) in [5, 5.41) is 29.4. The van der Waals surface area contributed by atoms with E-state index in [1.807, 2.05) is 6.92 Å². The van der Waals surface area contributed by atoms with Gasteiger partial charge in [-0.3, -0.25) is 4.79 Å². The smallest absolute Gasteiger partial charge is 0.333 e. The average molecular weight is 681 g/mol. The summed E-state index contributed by atoms with van der Waals surface area (Å²) in [7, 11) is 0. The van der Waals surface area contributed by atoms with Gasteiger partial charge in [-0.25, -0.2) is 4.79 Å². The number of nitrogens with two attached hydrogens (primary N) is 2. The second-order valence-electron chi connectivity index (χ2n) is 16.7. The number of esters is 1. The monoisotopic (exact) mass is 680 g/mol. The Morgan fingerprint density at radius 2 is 1.90 bits per heavy atom. The van der Waals surface area contributed by atoms with Crippen molar-refractivity contribution in [3.05, 3.63) is 34.4 Å². The minimum absolute atomic E-state index is 0.0312. The normalized spacial score (nSPS) is 49.4. The largest absolute Gasteiger partial charge is 0.456 e. The topological polar surface area (TPSA) is 178 Å². The van der Waals surface area contributed by atoms with Crippen molar-refractivity contribution >= 4 is 11.8 Å². The third kappa shape index (κ3) is 5.53. The van der Waals surface area contributed by atoms with Crippen LogP contribution in [0.2, 0.25) is 0 Å². The minimum atomic E-state index is -1.01. The molecule has 2 bridgehead atoms. The Morgan fingerprint density at radius 1 is 1.08 bits per heavy atom. The zero-order valence-corrected chi connectivity index (χ0v) is 29.2. The third-order valence-corrected chi connectivity index (χ3v) is 14.2. The van der Waals surface area contributed by atoms with E-state index in [2.05, 4.69) is 23.6 Å². The number of hydrogen-bond acceptors (Lipinski definition) is 11. The number of Topliss-reactive ketones (excluding diaryl/α,β-unsaturated/α-hetero) is 1. The second kappa shape index (κ2) is 12.9. The molecule has 6 fully saturated rings. The zero-order chi connectivity index (χ0) is 34.4. The zero-order valence-electron chi connectivity index (χ0n) is 29.2. The molecule has 3 aliphatic carbocycles. The lowest BCUT2D eigenvalue weighted by Crippen LogP contribution is -2.70. The number of carbonyl (C=O) groups excluding carboxylic acids is 2. The number of piperidine rings is 2. The summed E-state index contributed by atoms with van der Waals surface area (Å²) >= 11 is 0. The van der Waals surface area contributed by atoms with Crippen LogP contribution in [0.15, 0.2) is 34.4 Å². The lowest BCUT2D eigenvalue weighted by Gasteiger charge is -2.61. The van der Waals surface area contributed by atoms with Crippen molar-refractivity contribution in [2.45, 2.75) is 121 Å². The summed E-state index contributed by atoms with van der Waals surface area (Å²) in [4.78, 5) is 27.4. The maximum absolute atomic E-state index is 13.8. The fourth-order valence-corrected chi connectivity index (χ4v) is 11.7. The molecular weight excluding hydrogens is 624 g/mol. The molecule has 270 valence electrons. The Labute approximate surface area is 289 Å². The number of carbonyl (C=O) groups is 2. The minimum Gasteiger partial charge on any atom is -0.456 e. The summed E-state index contributed by atoms with van der Waals surface area (Å²) in [5.74, 6) is -0.839. The van der Waals surface area contributed by atoms with Crippen molar-refractivity contribution in [1.29, 1.82) is 0 Å². The molecule has 0 aromatic carbocycles. The van der Waals surface area contributed by atoms with Gasteiger partial charge in [0.15, 0.2) is 0 Å². The van der Waals surface area contributed by atoms with Crippen LogP contribution in [0.4, 0.5) is 0 Å². The van der Waals surface area contributed by atoms with Gasteiger partial charge in [-0.1, -0.05) is 17.7 Å². The summed E-state index contributed by atoms with van der Waals surface area (Å²) in [5.41, 5.74) is 17.2. The molecule has 0 amide bonds. The van der Waals surface area contributed by atoms with Crippen LogP contribution in [-0.2, 0) is 23.8 Å². The predicted octanol–water partition coefficient (Wildman–Crippen LogP) is 1.82. The van der Waals surface area contributed by atoms with Crippen molar-refractivity contribution in [1.82, 2.24) is 10.6 Å². The number of fused-ring (bicyclic) bond motifs is 7. The molecule has 1 saturated carbocycles. The SMILES string of the molecule is CC=C(C)C(=O)O[C@H]1CC2C(O)C3C(=O)CC(CO)OC3C3CC4CCNC(N)C4C4=CCC5=C4[C@@H](CC4CNC(N)CC4C5)[C@]1(C)OC23. The molecule has 5 heterocycles. The lowest BCUT2D eigenvalue weighted by molar-refractivity contribution is -0.294. The van der Waals surface area contributed by atoms with Gasteiger partial charge in [0, 0.05) is 35.7 Å². The molecule has 11 nitrogen and oxygen atoms in total. The molecule has 0 aromatic heterocycles. The van der Waals surface area contributed by atoms with Gasteiger partial charge in [0.2, 0.25) is 0 Å². The maximum atomic E-state index is 13.8. The molecule has 49 heavy (non-hydrogen) atoms. The Balaban J connectivity index is 1.30. The highest BCUT2D eigenvalue weighted by atomic mass is 16.6. The summed E-state index contributed by atoms with van der Waals surface area (Å²) in [6.45, 7) is 7.10. The van der Waals surface area contributed by atoms with Crippen LogP contribution in [0, 0.1) is 47.3 Å². The fourth-order valence-electron chi connectivity index (χ4n) is 11.7. The number of rotatable bonds is 3. The molecule has 16 atom stereocenters. The van der Waals surface area contributed by atoms with Crippen LogP contribution in [0.5, 0.6) is 0 Å². The van der Waals surface area contributed by atoms with E-state index in [1.54, 1.807) is 13.0 Å². The Kier molecular flexibility index (Phi) is 9.00. The first-order valence-corrected chi connectivity index (χ1v) is 18.9. The van der Waals surface area contributed by atoms with E-state index < -0.39 is 48.0 Å². The standard InChI is InChI=1S/C38H56N4O7/c1-4-17(2)37(46)48-28-14-24-33(45)32-27(44)13-22(16-43)47-35(32)25-10-19-7-8-41-36(40)31(19)23-6-5-18-9-20-12-29(39)42-15-21(20)11-26(30(18)23)38(28,3)49-34(24)25/h4,6,19-22,24-26,28-29,31-36,41-43,45H,5,7-16,39-40H2,1-3H3/t19?,20?,21?,22?,24?,25?,26-,28+,29?,31?,32?,33?,34?,35?,36?,38+/m1/s1. The van der Waals surface area contributed by atoms with Crippen LogP contribution in [0.25, 0.3) is 0 Å². The summed E-state index contributed by atoms with van der Waals surface area (Å²) < 4.78 is 20.6. The van der Waals surface area contributed by atoms with Crippen LogP contribution < -0.4 is 22.1 Å². The van der Waals surface area contributed by atoms with Gasteiger partial charge in [0.05, 0.1) is 49.3 Å². The Hall–Kier alpha value is -1.96. The van der Waals surface area contributed by atoms with E-state index in [1.165, 1.54) is 16.7 Å². The van der Waals surface area contributed by atoms with Crippen molar-refractivity contribution in [3.63, 3.8) is 0 Å². The second-order valence-corrected chi connectivity index (χ2v) is 16.7. The highest BCUT2D eigenvalue weighted by molar-refractivity contribution is 5.87. The van der Waals surface area contributed by atoms with E-state index in [4.69, 9.17) is 25.7 Å². The molecule has 8 rings (SSSR count). The van der Waals surface area contributed by atoms with Gasteiger partial charge in [0.1, 0.15) is 17.5 Å². The van der Waals surface area contributed by atoms with Crippen molar-refractivity contribution in [3.8, 4) is 0 Å². The molecule has 0 spiro atoms. The van der Waals surface area contributed by atoms with Gasteiger partial charge in [-0.05, 0) is 108 Å². The van der Waals surface area contributed by atoms with Gasteiger partial charge < -0.3 is 46.5 Å². The van der Waals surface area contributed by atoms with Crippen molar-refractivity contribution in [2.75, 3.05) is 19.7 Å². The number of aliphatic hydroxyl groups excluding tert-OH is 2. The first kappa shape index (κ1) is 34.1. The predicted molar refractivity (Wildman–Crippen MR) is 181 cm³/mol. The summed E-state index contributed by atoms with van der Waals surface area (Å²) in [6, 6.07) is 0. The summed E-state index contributed by atoms with van der Waals surface area (Å²) in [6.07, 6.45) is 6.37. The van der Waals surface area contributed by atoms with E-state index in [0.29, 0.717) is 23.8 Å². The Morgan fingerprint density at radius 3 is 2.67 bits per heavy atom. The first-order chi connectivity index (χ1) is 23.5. The van der Waals surface area contributed by atoms with Crippen LogP contribution in [0.1, 0.15) is 72.1 Å². The lowest BCUT2D eigenvalue weighted by atomic mass is 9.57. The fraction of sp³-hybridized carbons (Fsp3) is 0.789. The van der Waals surface area contributed by atoms with Crippen LogP contribution in [-0.4, -0.2) is 90.1 Å². The van der Waals surface area contributed by atoms with E-state index in [9.17, 15) is 19.8 Å². The van der Waals surface area contributed by atoms with Gasteiger partial charge in [0.25, 0.3) is 0 Å². The molecule has 8 aliphatic rings. The molecular formula is C38H56N4O7. The molecule has 5 aliphatic heterocycles.